The van der Waals surface area contributed by atoms with E-state index < -0.39 is 45.5 Å². The predicted molar refractivity (Wildman–Crippen MR) is 109 cm³/mol. The Balaban J connectivity index is 1.56. The van der Waals surface area contributed by atoms with Crippen LogP contribution in [0.3, 0.4) is 0 Å². The van der Waals surface area contributed by atoms with Crippen LogP contribution in [0.2, 0.25) is 0 Å². The van der Waals surface area contributed by atoms with E-state index in [-0.39, 0.29) is 47.1 Å². The van der Waals surface area contributed by atoms with Crippen LogP contribution in [-0.2, 0) is 34.8 Å². The summed E-state index contributed by atoms with van der Waals surface area (Å²) in [5, 5.41) is 5.03. The van der Waals surface area contributed by atoms with E-state index in [9.17, 15) is 18.6 Å². The molecule has 10 nitrogen and oxygen atoms in total. The highest BCUT2D eigenvalue weighted by molar-refractivity contribution is 7.85. The zero-order chi connectivity index (χ0) is 21.8. The van der Waals surface area contributed by atoms with Crippen molar-refractivity contribution in [2.45, 2.75) is 38.3 Å². The minimum absolute atomic E-state index is 0.0253. The third kappa shape index (κ3) is 3.04. The molecule has 30 heavy (non-hydrogen) atoms. The molecule has 162 valence electrons. The lowest BCUT2D eigenvalue weighted by Gasteiger charge is -2.57. The number of carbonyl (C=O) groups excluding carboxylic acids is 3. The first kappa shape index (κ1) is 20.9. The summed E-state index contributed by atoms with van der Waals surface area (Å²) in [7, 11) is -1.41. The predicted octanol–water partition coefficient (Wildman–Crippen LogP) is 0.497. The molecule has 2 N–H and O–H groups in total. The molecule has 0 aliphatic carbocycles. The van der Waals surface area contributed by atoms with Crippen molar-refractivity contribution in [1.82, 2.24) is 9.88 Å². The normalized spacial score (nSPS) is 35.4. The van der Waals surface area contributed by atoms with E-state index in [1.165, 1.54) is 4.90 Å². The number of nitrogen functional groups attached to an aromatic ring is 1. The van der Waals surface area contributed by atoms with Gasteiger partial charge in [0.25, 0.3) is 0 Å². The van der Waals surface area contributed by atoms with Gasteiger partial charge >= 0.3 is 5.97 Å². The molecule has 6 atom stereocenters. The van der Waals surface area contributed by atoms with Crippen molar-refractivity contribution in [1.29, 1.82) is 0 Å². The van der Waals surface area contributed by atoms with Crippen LogP contribution in [0.15, 0.2) is 10.5 Å². The molecule has 3 aliphatic heterocycles. The summed E-state index contributed by atoms with van der Waals surface area (Å²) in [6.45, 7) is 5.37. The molecule has 0 radical (unpaired) electrons. The molecule has 0 spiro atoms. The SMILES string of the molecule is CCO/N=C(\C(=O)C[C@@H]1C(=O)N2[C@@H]1[S@@](=O)C[C@@H]1[C@H](C)C(=O)O[C@@]12C)c1csc(N)n1. The number of fused-ring (bicyclic) bond motifs is 3. The van der Waals surface area contributed by atoms with Crippen LogP contribution in [0.5, 0.6) is 0 Å². The summed E-state index contributed by atoms with van der Waals surface area (Å²) in [5.74, 6) is -2.53. The number of β-lactam (4-membered cyclic amide) rings is 1. The molecule has 0 unspecified atom stereocenters. The van der Waals surface area contributed by atoms with Crippen LogP contribution in [0.4, 0.5) is 5.13 Å². The summed E-state index contributed by atoms with van der Waals surface area (Å²) in [6, 6.07) is 0. The number of nitrogens with zero attached hydrogens (tertiary/aromatic N) is 3. The first-order valence-corrected chi connectivity index (χ1v) is 11.8. The fourth-order valence-corrected chi connectivity index (χ4v) is 7.17. The standard InChI is InChI=1S/C18H22N4O6S2/c1-4-27-21-13(11-6-29-17(19)20-11)12(23)5-9-14(24)22-15(9)30(26)7-10-8(2)16(25)28-18(10,22)3/h6,8-10,15H,4-5,7H2,1-3H3,(H2,19,20)/b21-13-/t8-,9+,10+,15+,18-,30-/m0/s1. The summed E-state index contributed by atoms with van der Waals surface area (Å²) in [6.07, 6.45) is -0.195. The maximum Gasteiger partial charge on any atom is 0.311 e. The van der Waals surface area contributed by atoms with E-state index in [2.05, 4.69) is 10.1 Å². The number of carbonyl (C=O) groups is 3. The van der Waals surface area contributed by atoms with Crippen molar-refractivity contribution < 1.29 is 28.2 Å². The smallest absolute Gasteiger partial charge is 0.311 e. The summed E-state index contributed by atoms with van der Waals surface area (Å²) in [4.78, 5) is 48.5. The monoisotopic (exact) mass is 454 g/mol. The maximum absolute atomic E-state index is 13.0. The van der Waals surface area contributed by atoms with Crippen LogP contribution in [0, 0.1) is 17.8 Å². The topological polar surface area (TPSA) is 141 Å². The first-order valence-electron chi connectivity index (χ1n) is 9.56. The molecule has 1 amide bonds. The lowest BCUT2D eigenvalue weighted by Crippen LogP contribution is -2.75. The lowest BCUT2D eigenvalue weighted by molar-refractivity contribution is -0.203. The van der Waals surface area contributed by atoms with Gasteiger partial charge in [-0.15, -0.1) is 11.3 Å². The van der Waals surface area contributed by atoms with Crippen LogP contribution in [0.1, 0.15) is 32.9 Å². The second-order valence-electron chi connectivity index (χ2n) is 7.68. The zero-order valence-electron chi connectivity index (χ0n) is 16.7. The number of anilines is 1. The van der Waals surface area contributed by atoms with Crippen molar-refractivity contribution in [2.75, 3.05) is 18.1 Å². The van der Waals surface area contributed by atoms with E-state index in [0.29, 0.717) is 0 Å². The minimum atomic E-state index is -1.41. The third-order valence-electron chi connectivity index (χ3n) is 5.93. The number of rotatable bonds is 6. The second kappa shape index (κ2) is 7.41. The Hall–Kier alpha value is -2.34. The van der Waals surface area contributed by atoms with E-state index in [4.69, 9.17) is 15.3 Å². The van der Waals surface area contributed by atoms with Gasteiger partial charge in [0.15, 0.2) is 22.4 Å². The average molecular weight is 455 g/mol. The molecule has 0 bridgehead atoms. The van der Waals surface area contributed by atoms with Gasteiger partial charge in [-0.25, -0.2) is 4.98 Å². The fraction of sp³-hybridized carbons (Fsp3) is 0.611. The highest BCUT2D eigenvalue weighted by atomic mass is 32.2. The fourth-order valence-electron chi connectivity index (χ4n) is 4.35. The van der Waals surface area contributed by atoms with E-state index >= 15 is 0 Å². The Morgan fingerprint density at radius 3 is 2.90 bits per heavy atom. The van der Waals surface area contributed by atoms with Crippen molar-refractivity contribution in [3.8, 4) is 0 Å². The number of amides is 1. The highest BCUT2D eigenvalue weighted by Gasteiger charge is 2.68. The van der Waals surface area contributed by atoms with Gasteiger partial charge in [-0.05, 0) is 13.8 Å². The molecule has 1 aromatic heterocycles. The molecule has 3 saturated heterocycles. The van der Waals surface area contributed by atoms with Crippen molar-refractivity contribution in [3.63, 3.8) is 0 Å². The van der Waals surface area contributed by atoms with Crippen LogP contribution in [0.25, 0.3) is 0 Å². The van der Waals surface area contributed by atoms with Gasteiger partial charge in [0.2, 0.25) is 5.91 Å². The van der Waals surface area contributed by atoms with Crippen molar-refractivity contribution in [3.05, 3.63) is 11.1 Å². The largest absolute Gasteiger partial charge is 0.438 e. The van der Waals surface area contributed by atoms with Gasteiger partial charge in [-0.1, -0.05) is 12.1 Å². The average Bonchev–Trinajstić information content (AvgIpc) is 3.20. The van der Waals surface area contributed by atoms with Gasteiger partial charge in [0, 0.05) is 34.3 Å². The van der Waals surface area contributed by atoms with Crippen molar-refractivity contribution >= 4 is 50.6 Å². The highest BCUT2D eigenvalue weighted by Crippen LogP contribution is 2.51. The van der Waals surface area contributed by atoms with E-state index in [1.807, 2.05) is 0 Å². The van der Waals surface area contributed by atoms with Crippen molar-refractivity contribution in [2.24, 2.45) is 22.9 Å². The number of nitrogens with two attached hydrogens (primary N) is 1. The molecular formula is C18H22N4O6S2. The number of aromatic nitrogens is 1. The lowest BCUT2D eigenvalue weighted by atomic mass is 9.82. The number of hydrogen-bond acceptors (Lipinski definition) is 10. The Kier molecular flexibility index (Phi) is 5.17. The second-order valence-corrected chi connectivity index (χ2v) is 10.1. The van der Waals surface area contributed by atoms with Gasteiger partial charge in [-0.3, -0.25) is 23.5 Å². The number of hydrogen-bond donors (Lipinski definition) is 1. The Morgan fingerprint density at radius 2 is 2.27 bits per heavy atom. The van der Waals surface area contributed by atoms with Gasteiger partial charge in [0.05, 0.1) is 11.8 Å². The Morgan fingerprint density at radius 1 is 1.53 bits per heavy atom. The summed E-state index contributed by atoms with van der Waals surface area (Å²) in [5.41, 5.74) is 4.78. The van der Waals surface area contributed by atoms with Gasteiger partial charge in [0.1, 0.15) is 17.7 Å². The number of ketones is 1. The molecule has 4 heterocycles. The Bertz CT molecular complexity index is 978. The van der Waals surface area contributed by atoms with Gasteiger partial charge < -0.3 is 15.3 Å². The zero-order valence-corrected chi connectivity index (χ0v) is 18.3. The molecule has 0 aromatic carbocycles. The molecule has 4 rings (SSSR count). The first-order chi connectivity index (χ1) is 14.2. The quantitative estimate of drug-likeness (QED) is 0.283. The third-order valence-corrected chi connectivity index (χ3v) is 8.37. The molecule has 1 aromatic rings. The number of ether oxygens (including phenoxy) is 1. The number of esters is 1. The minimum Gasteiger partial charge on any atom is -0.438 e. The molecule has 12 heteroatoms. The molecule has 0 saturated carbocycles. The van der Waals surface area contributed by atoms with Gasteiger partial charge in [-0.2, -0.15) is 0 Å². The van der Waals surface area contributed by atoms with Crippen LogP contribution in [-0.4, -0.2) is 60.9 Å². The van der Waals surface area contributed by atoms with Crippen LogP contribution < -0.4 is 5.73 Å². The summed E-state index contributed by atoms with van der Waals surface area (Å²) < 4.78 is 18.4. The van der Waals surface area contributed by atoms with E-state index in [0.717, 1.165) is 11.3 Å². The summed E-state index contributed by atoms with van der Waals surface area (Å²) >= 11 is 1.16. The van der Waals surface area contributed by atoms with E-state index in [1.54, 1.807) is 26.2 Å². The molecule has 3 fully saturated rings. The molecule has 3 aliphatic rings. The number of thiazole rings is 1. The molecular weight excluding hydrogens is 432 g/mol. The number of oxime groups is 1. The Labute approximate surface area is 179 Å². The number of Topliss-reactive ketones (excluding diaryl/α,β-unsaturated/α-hetero) is 1. The van der Waals surface area contributed by atoms with Crippen LogP contribution >= 0.6 is 11.3 Å². The maximum atomic E-state index is 13.0.